The molecule has 2 aliphatic heterocycles. The number of rotatable bonds is 8. The number of hydrogen-bond donors (Lipinski definition) is 0. The molecule has 13 atom stereocenters. The van der Waals surface area contributed by atoms with E-state index in [2.05, 4.69) is 109 Å². The minimum Gasteiger partial charge on any atom is -0.463 e. The van der Waals surface area contributed by atoms with Crippen molar-refractivity contribution in [1.82, 2.24) is 0 Å². The van der Waals surface area contributed by atoms with Crippen LogP contribution in [-0.2, 0) is 28.2 Å². The Hall–Kier alpha value is -3.30. The number of benzene rings is 3. The van der Waals surface area contributed by atoms with E-state index in [0.717, 1.165) is 57.8 Å². The summed E-state index contributed by atoms with van der Waals surface area (Å²) in [5.41, 5.74) is -0.0995. The van der Waals surface area contributed by atoms with E-state index >= 15 is 0 Å². The summed E-state index contributed by atoms with van der Waals surface area (Å²) in [6.07, 6.45) is 8.42. The molecule has 4 saturated carbocycles. The monoisotopic (exact) mass is 832 g/mol. The molecule has 6 aliphatic rings. The molecule has 7 nitrogen and oxygen atoms in total. The summed E-state index contributed by atoms with van der Waals surface area (Å²) in [6, 6.07) is 31.3. The van der Waals surface area contributed by atoms with E-state index in [1.165, 1.54) is 17.3 Å². The van der Waals surface area contributed by atoms with Crippen LogP contribution < -0.4 is 10.4 Å². The first kappa shape index (κ1) is 42.0. The second kappa shape index (κ2) is 15.2. The first-order chi connectivity index (χ1) is 28.5. The molecule has 2 saturated heterocycles. The summed E-state index contributed by atoms with van der Waals surface area (Å²) in [4.78, 5) is 26.1. The van der Waals surface area contributed by atoms with Crippen LogP contribution in [0.2, 0.25) is 5.04 Å². The van der Waals surface area contributed by atoms with Gasteiger partial charge in [0.1, 0.15) is 12.2 Å². The fourth-order valence-electron chi connectivity index (χ4n) is 14.6. The van der Waals surface area contributed by atoms with Gasteiger partial charge in [-0.25, -0.2) is 4.79 Å². The maximum Gasteiger partial charge on any atom is 0.338 e. The van der Waals surface area contributed by atoms with E-state index in [-0.39, 0.29) is 58.0 Å². The van der Waals surface area contributed by atoms with E-state index < -0.39 is 19.7 Å². The van der Waals surface area contributed by atoms with E-state index in [0.29, 0.717) is 35.8 Å². The summed E-state index contributed by atoms with van der Waals surface area (Å²) in [5.74, 6) is 0.961. The molecule has 322 valence electrons. The molecule has 3 aromatic carbocycles. The van der Waals surface area contributed by atoms with Crippen LogP contribution in [0, 0.1) is 46.3 Å². The molecule has 6 fully saturated rings. The minimum absolute atomic E-state index is 0.000336. The number of ether oxygens (including phenoxy) is 4. The molecule has 4 aliphatic carbocycles. The Morgan fingerprint density at radius 1 is 0.767 bits per heavy atom. The molecule has 0 unspecified atom stereocenters. The highest BCUT2D eigenvalue weighted by Gasteiger charge is 2.73. The van der Waals surface area contributed by atoms with Gasteiger partial charge >= 0.3 is 11.9 Å². The van der Waals surface area contributed by atoms with E-state index in [1.807, 2.05) is 30.3 Å². The molecule has 1 spiro atoms. The van der Waals surface area contributed by atoms with Gasteiger partial charge in [0.05, 0.1) is 23.9 Å². The van der Waals surface area contributed by atoms with Crippen LogP contribution in [0.1, 0.15) is 124 Å². The van der Waals surface area contributed by atoms with Gasteiger partial charge in [-0.3, -0.25) is 4.79 Å². The zero-order valence-corrected chi connectivity index (χ0v) is 38.3. The quantitative estimate of drug-likeness (QED) is 0.165. The summed E-state index contributed by atoms with van der Waals surface area (Å²) >= 11 is 0. The van der Waals surface area contributed by atoms with Gasteiger partial charge in [-0.05, 0) is 115 Å². The van der Waals surface area contributed by atoms with E-state index in [4.69, 9.17) is 23.4 Å². The van der Waals surface area contributed by atoms with Crippen LogP contribution in [-0.4, -0.2) is 56.6 Å². The molecule has 60 heavy (non-hydrogen) atoms. The summed E-state index contributed by atoms with van der Waals surface area (Å²) in [6.45, 7) is 18.6. The second-order valence-corrected chi connectivity index (χ2v) is 25.9. The zero-order chi connectivity index (χ0) is 42.3. The van der Waals surface area contributed by atoms with Crippen LogP contribution in [0.15, 0.2) is 91.0 Å². The SMILES string of the molecule is CC(=O)O[C@H]1CC[C@@]2(C)[C@@H](CC[C@@H]3[C@@H]2C[C@@H](OC(=O)c2ccccc2)[C@]2(C)[C@@H]4[C@H](C[C@@H]32)O[C@]2(CC[C@@](C)(CO[Si](c3ccccc3)(c3ccccc3)C(C)(C)C)O2)[C@H]4C)C1. The maximum absolute atomic E-state index is 14.1. The molecule has 3 aromatic rings. The number of fused-ring (bicyclic) bond motifs is 7. The average molecular weight is 833 g/mol. The predicted molar refractivity (Wildman–Crippen MR) is 236 cm³/mol. The fourth-order valence-corrected chi connectivity index (χ4v) is 19.3. The van der Waals surface area contributed by atoms with Crippen LogP contribution in [0.25, 0.3) is 0 Å². The lowest BCUT2D eigenvalue weighted by atomic mass is 9.43. The lowest BCUT2D eigenvalue weighted by Gasteiger charge is -2.62. The molecule has 0 amide bonds. The first-order valence-electron chi connectivity index (χ1n) is 23.1. The largest absolute Gasteiger partial charge is 0.463 e. The van der Waals surface area contributed by atoms with Crippen molar-refractivity contribution in [3.63, 3.8) is 0 Å². The molecule has 0 bridgehead atoms. The van der Waals surface area contributed by atoms with Crippen molar-refractivity contribution >= 4 is 30.6 Å². The Bertz CT molecular complexity index is 2000. The van der Waals surface area contributed by atoms with Gasteiger partial charge in [0.15, 0.2) is 5.79 Å². The Morgan fingerprint density at radius 2 is 1.40 bits per heavy atom. The lowest BCUT2D eigenvalue weighted by Crippen LogP contribution is -2.67. The van der Waals surface area contributed by atoms with Crippen molar-refractivity contribution in [3.8, 4) is 0 Å². The maximum atomic E-state index is 14.1. The zero-order valence-electron chi connectivity index (χ0n) is 37.3. The smallest absolute Gasteiger partial charge is 0.338 e. The molecule has 0 N–H and O–H groups in total. The third-order valence-corrected chi connectivity index (χ3v) is 22.4. The second-order valence-electron chi connectivity index (χ2n) is 21.5. The Labute approximate surface area is 359 Å². The molecule has 9 rings (SSSR count). The van der Waals surface area contributed by atoms with Crippen molar-refractivity contribution in [3.05, 3.63) is 96.6 Å². The van der Waals surface area contributed by atoms with Crippen LogP contribution in [0.4, 0.5) is 0 Å². The van der Waals surface area contributed by atoms with E-state index in [9.17, 15) is 9.59 Å². The van der Waals surface area contributed by atoms with Gasteiger partial charge in [-0.2, -0.15) is 0 Å². The predicted octanol–water partition coefficient (Wildman–Crippen LogP) is 9.90. The third-order valence-electron chi connectivity index (χ3n) is 17.4. The molecule has 2 heterocycles. The normalized spacial score (nSPS) is 39.6. The summed E-state index contributed by atoms with van der Waals surface area (Å²) < 4.78 is 35.0. The Balaban J connectivity index is 1.00. The van der Waals surface area contributed by atoms with Crippen LogP contribution in [0.5, 0.6) is 0 Å². The number of esters is 2. The molecular weight excluding hydrogens is 765 g/mol. The number of carbonyl (C=O) groups is 2. The highest BCUT2D eigenvalue weighted by atomic mass is 28.4. The molecular formula is C52H68O7Si. The van der Waals surface area contributed by atoms with Crippen molar-refractivity contribution in [2.75, 3.05) is 6.61 Å². The summed E-state index contributed by atoms with van der Waals surface area (Å²) in [5, 5.41) is 2.40. The van der Waals surface area contributed by atoms with Crippen molar-refractivity contribution in [2.45, 2.75) is 148 Å². The van der Waals surface area contributed by atoms with Gasteiger partial charge in [0.25, 0.3) is 8.32 Å². The average Bonchev–Trinajstić information content (AvgIpc) is 3.82. The standard InChI is InChI=1S/C52H68O7Si/c1-34-46-44(58-52(34)29-28-49(6,59-52)33-55-60(48(3,4)5,39-20-14-10-15-21-39)40-22-16-11-17-23-40)31-43-41-25-24-37-30-38(56-35(2)53)26-27-50(37,7)42(41)32-45(51(43,46)8)57-47(54)36-18-12-9-13-19-36/h9-23,34,37-38,41-46H,24-33H2,1-8H3/t34-,37-,38-,41+,42-,43-,44-,45+,46-,49-,50-,51+,52-/m0/s1. The molecule has 0 radical (unpaired) electrons. The van der Waals surface area contributed by atoms with Gasteiger partial charge in [0.2, 0.25) is 0 Å². The lowest BCUT2D eigenvalue weighted by molar-refractivity contribution is -0.263. The highest BCUT2D eigenvalue weighted by molar-refractivity contribution is 6.99. The van der Waals surface area contributed by atoms with Crippen LogP contribution >= 0.6 is 0 Å². The topological polar surface area (TPSA) is 80.3 Å². The Kier molecular flexibility index (Phi) is 10.6. The van der Waals surface area contributed by atoms with Crippen molar-refractivity contribution in [1.29, 1.82) is 0 Å². The van der Waals surface area contributed by atoms with Crippen LogP contribution in [0.3, 0.4) is 0 Å². The summed E-state index contributed by atoms with van der Waals surface area (Å²) in [7, 11) is -2.78. The fraction of sp³-hybridized carbons (Fsp3) is 0.615. The van der Waals surface area contributed by atoms with Crippen molar-refractivity contribution < 1.29 is 33.0 Å². The van der Waals surface area contributed by atoms with Gasteiger partial charge in [-0.15, -0.1) is 0 Å². The number of carbonyl (C=O) groups excluding carboxylic acids is 2. The molecule has 8 heteroatoms. The highest BCUT2D eigenvalue weighted by Crippen LogP contribution is 2.72. The van der Waals surface area contributed by atoms with Gasteiger partial charge in [-0.1, -0.05) is 120 Å². The van der Waals surface area contributed by atoms with Gasteiger partial charge < -0.3 is 23.4 Å². The van der Waals surface area contributed by atoms with Gasteiger partial charge in [0, 0.05) is 30.6 Å². The number of hydrogen-bond acceptors (Lipinski definition) is 7. The third kappa shape index (κ3) is 6.68. The van der Waals surface area contributed by atoms with Crippen molar-refractivity contribution in [2.24, 2.45) is 46.3 Å². The first-order valence-corrected chi connectivity index (χ1v) is 25.0. The molecule has 0 aromatic heterocycles. The Morgan fingerprint density at radius 3 is 2.02 bits per heavy atom. The minimum atomic E-state index is -2.78. The van der Waals surface area contributed by atoms with E-state index in [1.54, 1.807) is 0 Å².